The topological polar surface area (TPSA) is 14.1 Å². The van der Waals surface area contributed by atoms with Crippen molar-refractivity contribution in [3.8, 4) is 0 Å². The number of fused-ring (bicyclic) bond motifs is 3. The molecule has 1 radical (unpaired) electrons. The van der Waals surface area contributed by atoms with Gasteiger partial charge < -0.3 is 0 Å². The molecule has 2 saturated carbocycles. The van der Waals surface area contributed by atoms with Gasteiger partial charge >= 0.3 is 0 Å². The number of hydrogen-bond acceptors (Lipinski definition) is 1. The standard InChI is InChI=1S/C12H19N/c1-3-7-11-9(5-1)10-6-2-4-8-12(10)13-11/h9-11H,1-8H2/q+1. The Labute approximate surface area is 80.6 Å². The summed E-state index contributed by atoms with van der Waals surface area (Å²) in [6.45, 7) is 0. The Balaban J connectivity index is 1.83. The first-order chi connectivity index (χ1) is 6.45. The summed E-state index contributed by atoms with van der Waals surface area (Å²) in [7, 11) is 0. The van der Waals surface area contributed by atoms with Crippen LogP contribution in [0.1, 0.15) is 51.4 Å². The molecule has 0 aromatic carbocycles. The summed E-state index contributed by atoms with van der Waals surface area (Å²) in [5.41, 5.74) is 1.61. The maximum atomic E-state index is 4.95. The molecule has 13 heavy (non-hydrogen) atoms. The summed E-state index contributed by atoms with van der Waals surface area (Å²) in [6, 6.07) is 0.756. The average molecular weight is 177 g/mol. The molecular weight excluding hydrogens is 158 g/mol. The SMILES string of the molecule is C1CCC2C(=[N+]C3CCCCC32)C1. The molecule has 0 spiro atoms. The van der Waals surface area contributed by atoms with Crippen LogP contribution in [0.4, 0.5) is 0 Å². The van der Waals surface area contributed by atoms with Crippen LogP contribution in [0.5, 0.6) is 0 Å². The Kier molecular flexibility index (Phi) is 1.92. The Morgan fingerprint density at radius 3 is 2.77 bits per heavy atom. The third kappa shape index (κ3) is 1.24. The first kappa shape index (κ1) is 8.02. The lowest BCUT2D eigenvalue weighted by Crippen LogP contribution is -2.28. The maximum absolute atomic E-state index is 4.95. The van der Waals surface area contributed by atoms with Crippen molar-refractivity contribution in [2.75, 3.05) is 0 Å². The molecule has 0 N–H and O–H groups in total. The highest BCUT2D eigenvalue weighted by Gasteiger charge is 2.49. The highest BCUT2D eigenvalue weighted by atomic mass is 14.9. The second-order valence-corrected chi connectivity index (χ2v) is 4.99. The van der Waals surface area contributed by atoms with Gasteiger partial charge in [-0.2, -0.15) is 0 Å². The number of hydrogen-bond donors (Lipinski definition) is 0. The van der Waals surface area contributed by atoms with Crippen LogP contribution in [0.2, 0.25) is 0 Å². The molecule has 3 atom stereocenters. The molecule has 0 aromatic heterocycles. The maximum Gasteiger partial charge on any atom is 0.227 e. The van der Waals surface area contributed by atoms with E-state index in [-0.39, 0.29) is 0 Å². The van der Waals surface area contributed by atoms with Crippen LogP contribution >= 0.6 is 0 Å². The van der Waals surface area contributed by atoms with Crippen molar-refractivity contribution in [3.05, 3.63) is 0 Å². The van der Waals surface area contributed by atoms with Crippen LogP contribution in [-0.4, -0.2) is 11.8 Å². The van der Waals surface area contributed by atoms with E-state index in [0.717, 1.165) is 17.9 Å². The molecular formula is C12H19N+. The van der Waals surface area contributed by atoms with Gasteiger partial charge in [0.05, 0.1) is 5.92 Å². The number of aliphatic imine (C=N–C) groups is 1. The Bertz CT molecular complexity index is 231. The lowest BCUT2D eigenvalue weighted by atomic mass is 9.73. The minimum absolute atomic E-state index is 0.756. The largest absolute Gasteiger partial charge is 0.227 e. The second-order valence-electron chi connectivity index (χ2n) is 4.99. The molecule has 1 aliphatic heterocycles. The van der Waals surface area contributed by atoms with E-state index in [1.54, 1.807) is 5.71 Å². The first-order valence-corrected chi connectivity index (χ1v) is 6.02. The van der Waals surface area contributed by atoms with Crippen LogP contribution in [0.3, 0.4) is 0 Å². The molecule has 2 aliphatic carbocycles. The molecule has 1 nitrogen and oxygen atoms in total. The molecule has 2 fully saturated rings. The summed E-state index contributed by atoms with van der Waals surface area (Å²) >= 11 is 0. The molecule has 0 saturated heterocycles. The molecule has 0 amide bonds. The smallest absolute Gasteiger partial charge is 0.0525 e. The monoisotopic (exact) mass is 177 g/mol. The quantitative estimate of drug-likeness (QED) is 0.540. The fourth-order valence-corrected chi connectivity index (χ4v) is 3.63. The molecule has 0 bridgehead atoms. The normalized spacial score (nSPS) is 43.7. The van der Waals surface area contributed by atoms with Crippen LogP contribution in [0, 0.1) is 11.8 Å². The number of nitrogens with zero attached hydrogens (tertiary/aromatic N) is 1. The zero-order valence-electron chi connectivity index (χ0n) is 8.34. The lowest BCUT2D eigenvalue weighted by Gasteiger charge is -2.24. The van der Waals surface area contributed by atoms with Crippen molar-refractivity contribution in [2.45, 2.75) is 57.4 Å². The predicted molar refractivity (Wildman–Crippen MR) is 54.8 cm³/mol. The minimum Gasteiger partial charge on any atom is -0.0525 e. The van der Waals surface area contributed by atoms with Gasteiger partial charge in [-0.15, -0.1) is 0 Å². The van der Waals surface area contributed by atoms with E-state index < -0.39 is 0 Å². The fourth-order valence-electron chi connectivity index (χ4n) is 3.63. The van der Waals surface area contributed by atoms with Crippen LogP contribution in [-0.2, 0) is 0 Å². The summed E-state index contributed by atoms with van der Waals surface area (Å²) < 4.78 is 0. The van der Waals surface area contributed by atoms with E-state index in [0.29, 0.717) is 0 Å². The van der Waals surface area contributed by atoms with E-state index in [4.69, 9.17) is 4.99 Å². The fraction of sp³-hybridized carbons (Fsp3) is 0.917. The van der Waals surface area contributed by atoms with Crippen LogP contribution in [0.25, 0.3) is 0 Å². The Hall–Kier alpha value is -0.330. The molecule has 1 heterocycles. The van der Waals surface area contributed by atoms with Crippen molar-refractivity contribution in [3.63, 3.8) is 0 Å². The van der Waals surface area contributed by atoms with Gasteiger partial charge in [0.15, 0.2) is 0 Å². The van der Waals surface area contributed by atoms with Gasteiger partial charge in [0.1, 0.15) is 0 Å². The molecule has 71 valence electrons. The molecule has 3 aliphatic rings. The summed E-state index contributed by atoms with van der Waals surface area (Å²) in [5, 5.41) is 0. The third-order valence-corrected chi connectivity index (χ3v) is 4.26. The zero-order chi connectivity index (χ0) is 8.67. The van der Waals surface area contributed by atoms with Gasteiger partial charge in [0.25, 0.3) is 0 Å². The van der Waals surface area contributed by atoms with Crippen molar-refractivity contribution < 1.29 is 0 Å². The van der Waals surface area contributed by atoms with Gasteiger partial charge in [0, 0.05) is 23.8 Å². The predicted octanol–water partition coefficient (Wildman–Crippen LogP) is 2.53. The van der Waals surface area contributed by atoms with Gasteiger partial charge in [-0.25, -0.2) is 0 Å². The van der Waals surface area contributed by atoms with Crippen molar-refractivity contribution in [1.29, 1.82) is 0 Å². The third-order valence-electron chi connectivity index (χ3n) is 4.26. The lowest BCUT2D eigenvalue weighted by molar-refractivity contribution is 0.258. The van der Waals surface area contributed by atoms with Gasteiger partial charge in [-0.1, -0.05) is 12.8 Å². The van der Waals surface area contributed by atoms with E-state index in [2.05, 4.69) is 0 Å². The summed E-state index contributed by atoms with van der Waals surface area (Å²) in [4.78, 5) is 4.95. The highest BCUT2D eigenvalue weighted by molar-refractivity contribution is 5.88. The van der Waals surface area contributed by atoms with Gasteiger partial charge in [0.2, 0.25) is 11.8 Å². The molecule has 3 rings (SSSR count). The molecule has 0 aromatic rings. The summed E-state index contributed by atoms with van der Waals surface area (Å²) in [6.07, 6.45) is 11.4. The van der Waals surface area contributed by atoms with Crippen molar-refractivity contribution >= 4 is 5.71 Å². The molecule has 3 unspecified atom stereocenters. The van der Waals surface area contributed by atoms with Crippen LogP contribution < -0.4 is 4.99 Å². The van der Waals surface area contributed by atoms with Crippen molar-refractivity contribution in [1.82, 2.24) is 4.99 Å². The van der Waals surface area contributed by atoms with Gasteiger partial charge in [-0.05, 0) is 25.7 Å². The zero-order valence-corrected chi connectivity index (χ0v) is 8.34. The van der Waals surface area contributed by atoms with E-state index >= 15 is 0 Å². The summed E-state index contributed by atoms with van der Waals surface area (Å²) in [5.74, 6) is 1.91. The van der Waals surface area contributed by atoms with Crippen LogP contribution in [0.15, 0.2) is 0 Å². The second kappa shape index (κ2) is 3.11. The Morgan fingerprint density at radius 1 is 0.923 bits per heavy atom. The number of rotatable bonds is 0. The van der Waals surface area contributed by atoms with Crippen molar-refractivity contribution in [2.24, 2.45) is 11.8 Å². The first-order valence-electron chi connectivity index (χ1n) is 6.02. The van der Waals surface area contributed by atoms with E-state index in [1.807, 2.05) is 0 Å². The molecule has 1 heteroatoms. The van der Waals surface area contributed by atoms with E-state index in [9.17, 15) is 0 Å². The Morgan fingerprint density at radius 2 is 1.77 bits per heavy atom. The van der Waals surface area contributed by atoms with E-state index in [1.165, 1.54) is 51.4 Å². The minimum atomic E-state index is 0.756. The average Bonchev–Trinajstić information content (AvgIpc) is 2.56. The van der Waals surface area contributed by atoms with Gasteiger partial charge in [-0.3, -0.25) is 0 Å². The highest BCUT2D eigenvalue weighted by Crippen LogP contribution is 2.40.